The summed E-state index contributed by atoms with van der Waals surface area (Å²) in [4.78, 5) is 11.9. The summed E-state index contributed by atoms with van der Waals surface area (Å²) in [5.74, 6) is -0.426. The molecule has 0 spiro atoms. The second-order valence-corrected chi connectivity index (χ2v) is 9.87. The number of carbonyl (C=O) groups is 1. The van der Waals surface area contributed by atoms with Gasteiger partial charge in [0.1, 0.15) is 12.4 Å². The van der Waals surface area contributed by atoms with Crippen molar-refractivity contribution in [3.8, 4) is 5.75 Å². The first-order chi connectivity index (χ1) is 12.4. The van der Waals surface area contributed by atoms with Gasteiger partial charge >= 0.3 is 14.5 Å². The summed E-state index contributed by atoms with van der Waals surface area (Å²) in [6.45, 7) is 7.54. The third-order valence-corrected chi connectivity index (χ3v) is 6.79. The minimum absolute atomic E-state index is 0.0520. The molecule has 6 nitrogen and oxygen atoms in total. The topological polar surface area (TPSA) is 85.2 Å². The predicted octanol–water partition coefficient (Wildman–Crippen LogP) is 3.62. The number of benzene rings is 1. The third-order valence-electron chi connectivity index (χ3n) is 3.90. The molecule has 0 aliphatic heterocycles. The fourth-order valence-corrected chi connectivity index (χ4v) is 4.91. The van der Waals surface area contributed by atoms with Gasteiger partial charge in [-0.2, -0.15) is 0 Å². The first-order valence-electron chi connectivity index (χ1n) is 9.32. The lowest BCUT2D eigenvalue weighted by Gasteiger charge is -2.27. The van der Waals surface area contributed by atoms with E-state index in [0.29, 0.717) is 25.2 Å². The second-order valence-electron chi connectivity index (χ2n) is 6.52. The Labute approximate surface area is 157 Å². The Balaban J connectivity index is 2.34. The average Bonchev–Trinajstić information content (AvgIpc) is 2.63. The maximum atomic E-state index is 11.9. The molecule has 0 saturated heterocycles. The predicted molar refractivity (Wildman–Crippen MR) is 103 cm³/mol. The zero-order chi connectivity index (χ0) is 19.4. The maximum absolute atomic E-state index is 11.9. The van der Waals surface area contributed by atoms with Crippen molar-refractivity contribution in [2.45, 2.75) is 58.2 Å². The smallest absolute Gasteiger partial charge is 0.338 e. The molecule has 0 aliphatic carbocycles. The van der Waals surface area contributed by atoms with E-state index in [1.54, 1.807) is 0 Å². The van der Waals surface area contributed by atoms with E-state index >= 15 is 0 Å². The molecule has 0 fully saturated rings. The monoisotopic (exact) mass is 384 g/mol. The van der Waals surface area contributed by atoms with Crippen molar-refractivity contribution in [2.24, 2.45) is 0 Å². The molecule has 0 amide bonds. The molecule has 2 N–H and O–H groups in total. The van der Waals surface area contributed by atoms with Crippen molar-refractivity contribution in [3.05, 3.63) is 29.8 Å². The summed E-state index contributed by atoms with van der Waals surface area (Å²) in [6.07, 6.45) is 2.47. The standard InChI is InChI=1S/C19H32O6Si/c1-4-12-24-26(3,25-13-5-2)14-6-7-18(21)15-23-19(22)16-8-10-17(20)11-9-16/h8-11,18,20-21H,4-7,12-15H2,1-3H3. The van der Waals surface area contributed by atoms with Gasteiger partial charge in [0.15, 0.2) is 0 Å². The molecule has 0 aliphatic rings. The number of hydrogen-bond acceptors (Lipinski definition) is 6. The van der Waals surface area contributed by atoms with E-state index in [1.807, 2.05) is 0 Å². The summed E-state index contributed by atoms with van der Waals surface area (Å²) in [7, 11) is -2.20. The zero-order valence-corrected chi connectivity index (χ0v) is 17.1. The molecule has 1 rings (SSSR count). The van der Waals surface area contributed by atoms with Crippen LogP contribution >= 0.6 is 0 Å². The van der Waals surface area contributed by atoms with Crippen molar-refractivity contribution < 1.29 is 28.6 Å². The Morgan fingerprint density at radius 2 is 1.69 bits per heavy atom. The largest absolute Gasteiger partial charge is 0.508 e. The van der Waals surface area contributed by atoms with Gasteiger partial charge in [0.25, 0.3) is 0 Å². The van der Waals surface area contributed by atoms with Gasteiger partial charge in [-0.3, -0.25) is 0 Å². The lowest BCUT2D eigenvalue weighted by Crippen LogP contribution is -2.39. The molecule has 0 radical (unpaired) electrons. The number of aliphatic hydroxyl groups excluding tert-OH is 1. The van der Waals surface area contributed by atoms with E-state index in [0.717, 1.165) is 25.3 Å². The Morgan fingerprint density at radius 3 is 2.23 bits per heavy atom. The number of aromatic hydroxyl groups is 1. The van der Waals surface area contributed by atoms with Crippen LogP contribution in [-0.2, 0) is 13.6 Å². The van der Waals surface area contributed by atoms with Crippen molar-refractivity contribution >= 4 is 14.5 Å². The third kappa shape index (κ3) is 8.80. The van der Waals surface area contributed by atoms with Crippen LogP contribution in [0, 0.1) is 0 Å². The SMILES string of the molecule is CCCO[Si](C)(CCCC(O)COC(=O)c1ccc(O)cc1)OCCC. The fourth-order valence-electron chi connectivity index (χ4n) is 2.42. The Kier molecular flexibility index (Phi) is 10.5. The molecule has 0 heterocycles. The van der Waals surface area contributed by atoms with E-state index in [-0.39, 0.29) is 12.4 Å². The molecule has 1 atom stereocenters. The van der Waals surface area contributed by atoms with Crippen molar-refractivity contribution in [1.82, 2.24) is 0 Å². The fraction of sp³-hybridized carbons (Fsp3) is 0.632. The van der Waals surface area contributed by atoms with Crippen LogP contribution in [0.2, 0.25) is 12.6 Å². The molecular weight excluding hydrogens is 352 g/mol. The van der Waals surface area contributed by atoms with E-state index < -0.39 is 20.6 Å². The van der Waals surface area contributed by atoms with Gasteiger partial charge in [-0.15, -0.1) is 0 Å². The van der Waals surface area contributed by atoms with Crippen molar-refractivity contribution in [1.29, 1.82) is 0 Å². The van der Waals surface area contributed by atoms with E-state index in [4.69, 9.17) is 13.6 Å². The van der Waals surface area contributed by atoms with Gasteiger partial charge in [-0.1, -0.05) is 13.8 Å². The lowest BCUT2D eigenvalue weighted by molar-refractivity contribution is 0.0234. The number of esters is 1. The molecule has 0 aromatic heterocycles. The van der Waals surface area contributed by atoms with Gasteiger partial charge in [-0.25, -0.2) is 4.79 Å². The van der Waals surface area contributed by atoms with E-state index in [2.05, 4.69) is 20.4 Å². The quantitative estimate of drug-likeness (QED) is 0.399. The highest BCUT2D eigenvalue weighted by Gasteiger charge is 2.30. The minimum Gasteiger partial charge on any atom is -0.508 e. The highest BCUT2D eigenvalue weighted by atomic mass is 28.4. The molecule has 148 valence electrons. The van der Waals surface area contributed by atoms with E-state index in [9.17, 15) is 15.0 Å². The van der Waals surface area contributed by atoms with Crippen LogP contribution in [0.3, 0.4) is 0 Å². The van der Waals surface area contributed by atoms with Crippen molar-refractivity contribution in [3.63, 3.8) is 0 Å². The van der Waals surface area contributed by atoms with Gasteiger partial charge in [0, 0.05) is 13.2 Å². The Hall–Kier alpha value is -1.41. The van der Waals surface area contributed by atoms with Gasteiger partial charge in [-0.05, 0) is 62.5 Å². The number of phenolic OH excluding ortho intramolecular Hbond substituents is 1. The Bertz CT molecular complexity index is 511. The summed E-state index contributed by atoms with van der Waals surface area (Å²) in [5, 5.41) is 19.3. The van der Waals surface area contributed by atoms with Crippen LogP contribution in [0.15, 0.2) is 24.3 Å². The molecule has 1 unspecified atom stereocenters. The van der Waals surface area contributed by atoms with Gasteiger partial charge < -0.3 is 23.8 Å². The summed E-state index contributed by atoms with van der Waals surface area (Å²) < 4.78 is 17.0. The zero-order valence-electron chi connectivity index (χ0n) is 16.1. The Morgan fingerprint density at radius 1 is 1.12 bits per heavy atom. The summed E-state index contributed by atoms with van der Waals surface area (Å²) in [5.41, 5.74) is 0.343. The van der Waals surface area contributed by atoms with Gasteiger partial charge in [0.05, 0.1) is 11.7 Å². The molecule has 0 bridgehead atoms. The number of rotatable bonds is 13. The molecule has 1 aromatic carbocycles. The van der Waals surface area contributed by atoms with Crippen LogP contribution in [0.5, 0.6) is 5.75 Å². The molecule has 7 heteroatoms. The van der Waals surface area contributed by atoms with Crippen LogP contribution in [-0.4, -0.2) is 50.7 Å². The van der Waals surface area contributed by atoms with Crippen LogP contribution < -0.4 is 0 Å². The van der Waals surface area contributed by atoms with Crippen LogP contribution in [0.1, 0.15) is 49.9 Å². The van der Waals surface area contributed by atoms with E-state index in [1.165, 1.54) is 24.3 Å². The summed E-state index contributed by atoms with van der Waals surface area (Å²) in [6, 6.07) is 6.61. The number of hydrogen-bond donors (Lipinski definition) is 2. The molecule has 26 heavy (non-hydrogen) atoms. The molecule has 0 saturated carbocycles. The van der Waals surface area contributed by atoms with Crippen LogP contribution in [0.4, 0.5) is 0 Å². The molecular formula is C19H32O6Si. The van der Waals surface area contributed by atoms with Gasteiger partial charge in [0.2, 0.25) is 0 Å². The average molecular weight is 385 g/mol. The number of aliphatic hydroxyl groups is 1. The first-order valence-corrected chi connectivity index (χ1v) is 11.8. The number of phenols is 1. The summed E-state index contributed by atoms with van der Waals surface area (Å²) >= 11 is 0. The second kappa shape index (κ2) is 12.1. The highest BCUT2D eigenvalue weighted by Crippen LogP contribution is 2.19. The van der Waals surface area contributed by atoms with Crippen LogP contribution in [0.25, 0.3) is 0 Å². The molecule has 1 aromatic rings. The number of ether oxygens (including phenoxy) is 1. The maximum Gasteiger partial charge on any atom is 0.338 e. The minimum atomic E-state index is -2.20. The number of carbonyl (C=O) groups excluding carboxylic acids is 1. The first kappa shape index (κ1) is 22.6. The highest BCUT2D eigenvalue weighted by molar-refractivity contribution is 6.66. The normalized spacial score (nSPS) is 12.8. The van der Waals surface area contributed by atoms with Crippen molar-refractivity contribution in [2.75, 3.05) is 19.8 Å². The lowest BCUT2D eigenvalue weighted by atomic mass is 10.2.